The molecule has 1 rings (SSSR count). The molecule has 0 saturated heterocycles. The van der Waals surface area contributed by atoms with E-state index >= 15 is 0 Å². The highest BCUT2D eigenvalue weighted by Crippen LogP contribution is 2.20. The Hall–Kier alpha value is -1.03. The zero-order chi connectivity index (χ0) is 17.5. The number of nitrogens with zero attached hydrogens (tertiary/aromatic N) is 1. The minimum absolute atomic E-state index is 0.0573. The Kier molecular flexibility index (Phi) is 8.10. The predicted molar refractivity (Wildman–Crippen MR) is 88.8 cm³/mol. The van der Waals surface area contributed by atoms with Crippen molar-refractivity contribution in [2.45, 2.75) is 31.4 Å². The number of ether oxygens (including phenoxy) is 1. The zero-order valence-electron chi connectivity index (χ0n) is 13.1. The van der Waals surface area contributed by atoms with Crippen LogP contribution < -0.4 is 4.31 Å². The van der Waals surface area contributed by atoms with E-state index in [1.165, 1.54) is 11.4 Å². The van der Waals surface area contributed by atoms with Crippen molar-refractivity contribution in [3.05, 3.63) is 29.8 Å². The fourth-order valence-corrected chi connectivity index (χ4v) is 3.56. The number of aryl methyl sites for hydroxylation is 1. The van der Waals surface area contributed by atoms with Gasteiger partial charge in [-0.05, 0) is 38.3 Å². The van der Waals surface area contributed by atoms with Crippen molar-refractivity contribution in [2.75, 3.05) is 24.6 Å². The molecule has 0 heterocycles. The van der Waals surface area contributed by atoms with Gasteiger partial charge in [0.15, 0.2) is 0 Å². The van der Waals surface area contributed by atoms with Crippen LogP contribution in [-0.2, 0) is 26.2 Å². The maximum atomic E-state index is 13.2. The van der Waals surface area contributed by atoms with Gasteiger partial charge >= 0.3 is 10.2 Å². The van der Waals surface area contributed by atoms with Gasteiger partial charge in [-0.15, -0.1) is 3.89 Å². The smallest absolute Gasteiger partial charge is 0.305 e. The first kappa shape index (κ1) is 20.0. The van der Waals surface area contributed by atoms with Gasteiger partial charge in [0, 0.05) is 20.3 Å². The normalized spacial score (nSPS) is 14.4. The average Bonchev–Trinajstić information content (AvgIpc) is 2.46. The molecule has 0 aliphatic heterocycles. The molecule has 2 atom stereocenters. The van der Waals surface area contributed by atoms with Crippen LogP contribution in [0.4, 0.5) is 9.57 Å². The molecule has 0 aromatic heterocycles. The van der Waals surface area contributed by atoms with E-state index in [-0.39, 0.29) is 32.4 Å². The Bertz CT molecular complexity index is 606. The molecule has 0 amide bonds. The molecule has 1 aromatic carbocycles. The molecule has 0 fully saturated rings. The molecule has 0 spiro atoms. The van der Waals surface area contributed by atoms with Crippen LogP contribution in [0.2, 0.25) is 0 Å². The van der Waals surface area contributed by atoms with Crippen LogP contribution in [0.15, 0.2) is 24.3 Å². The standard InChI is InChI=1S/C14H22FNO5S2/c1-12-5-7-13(8-6-12)16(22(17)18)10-3-4-14(9-11-21-2)23(15,19)20/h5-8,14H,3-4,9-11H2,1-2H3,(H,17,18). The van der Waals surface area contributed by atoms with E-state index in [2.05, 4.69) is 0 Å². The molecule has 0 saturated carbocycles. The van der Waals surface area contributed by atoms with Crippen LogP contribution >= 0.6 is 0 Å². The van der Waals surface area contributed by atoms with Gasteiger partial charge in [-0.25, -0.2) is 4.21 Å². The van der Waals surface area contributed by atoms with E-state index in [4.69, 9.17) is 4.74 Å². The molecule has 2 unspecified atom stereocenters. The summed E-state index contributed by atoms with van der Waals surface area (Å²) in [4.78, 5) is 0. The van der Waals surface area contributed by atoms with Gasteiger partial charge < -0.3 is 4.74 Å². The Morgan fingerprint density at radius 3 is 2.39 bits per heavy atom. The first-order valence-corrected chi connectivity index (χ1v) is 9.64. The van der Waals surface area contributed by atoms with E-state index in [1.54, 1.807) is 12.1 Å². The van der Waals surface area contributed by atoms with E-state index < -0.39 is 26.7 Å². The highest BCUT2D eigenvalue weighted by atomic mass is 32.3. The van der Waals surface area contributed by atoms with Crippen LogP contribution in [-0.4, -0.2) is 42.7 Å². The molecule has 1 aromatic rings. The third-order valence-corrected chi connectivity index (χ3v) is 5.48. The number of halogens is 1. The number of methoxy groups -OCH3 is 1. The fraction of sp³-hybridized carbons (Fsp3) is 0.571. The fourth-order valence-electron chi connectivity index (χ4n) is 2.15. The molecule has 0 radical (unpaired) electrons. The van der Waals surface area contributed by atoms with Crippen molar-refractivity contribution in [3.8, 4) is 0 Å². The van der Waals surface area contributed by atoms with Crippen LogP contribution in [0, 0.1) is 6.92 Å². The van der Waals surface area contributed by atoms with Crippen molar-refractivity contribution in [1.82, 2.24) is 0 Å². The zero-order valence-corrected chi connectivity index (χ0v) is 14.8. The molecule has 23 heavy (non-hydrogen) atoms. The minimum Gasteiger partial charge on any atom is -0.385 e. The van der Waals surface area contributed by atoms with Gasteiger partial charge in [0.25, 0.3) is 11.3 Å². The van der Waals surface area contributed by atoms with Crippen molar-refractivity contribution in [3.63, 3.8) is 0 Å². The Morgan fingerprint density at radius 1 is 1.30 bits per heavy atom. The summed E-state index contributed by atoms with van der Waals surface area (Å²) < 4.78 is 62.3. The lowest BCUT2D eigenvalue weighted by Crippen LogP contribution is -2.28. The molecule has 0 aliphatic carbocycles. The third kappa shape index (κ3) is 6.94. The number of anilines is 1. The second-order valence-corrected chi connectivity index (χ2v) is 7.71. The maximum absolute atomic E-state index is 13.2. The van der Waals surface area contributed by atoms with Crippen LogP contribution in [0.5, 0.6) is 0 Å². The molecule has 1 N–H and O–H groups in total. The summed E-state index contributed by atoms with van der Waals surface area (Å²) in [6.07, 6.45) is 0.377. The summed E-state index contributed by atoms with van der Waals surface area (Å²) in [7, 11) is -3.25. The second kappa shape index (κ2) is 9.31. The first-order valence-electron chi connectivity index (χ1n) is 7.13. The van der Waals surface area contributed by atoms with Crippen molar-refractivity contribution < 1.29 is 25.8 Å². The molecular weight excluding hydrogens is 345 g/mol. The Balaban J connectivity index is 2.68. The van der Waals surface area contributed by atoms with Crippen LogP contribution in [0.3, 0.4) is 0 Å². The quantitative estimate of drug-likeness (QED) is 0.507. The van der Waals surface area contributed by atoms with E-state index in [9.17, 15) is 21.1 Å². The number of rotatable bonds is 10. The van der Waals surface area contributed by atoms with Gasteiger partial charge in [-0.3, -0.25) is 8.86 Å². The largest absolute Gasteiger partial charge is 0.385 e. The average molecular weight is 367 g/mol. The Morgan fingerprint density at radius 2 is 1.91 bits per heavy atom. The maximum Gasteiger partial charge on any atom is 0.305 e. The van der Waals surface area contributed by atoms with Crippen LogP contribution in [0.1, 0.15) is 24.8 Å². The summed E-state index contributed by atoms with van der Waals surface area (Å²) in [5, 5.41) is -1.16. The minimum atomic E-state index is -4.66. The van der Waals surface area contributed by atoms with Crippen LogP contribution in [0.25, 0.3) is 0 Å². The molecular formula is C14H22FNO5S2. The van der Waals surface area contributed by atoms with E-state index in [0.717, 1.165) is 5.56 Å². The highest BCUT2D eigenvalue weighted by molar-refractivity contribution is 7.87. The summed E-state index contributed by atoms with van der Waals surface area (Å²) in [5.41, 5.74) is 1.56. The highest BCUT2D eigenvalue weighted by Gasteiger charge is 2.24. The summed E-state index contributed by atoms with van der Waals surface area (Å²) >= 11 is -2.24. The van der Waals surface area contributed by atoms with Crippen molar-refractivity contribution in [2.24, 2.45) is 0 Å². The lowest BCUT2D eigenvalue weighted by molar-refractivity contribution is 0.192. The van der Waals surface area contributed by atoms with Gasteiger partial charge in [0.2, 0.25) is 0 Å². The van der Waals surface area contributed by atoms with E-state index in [0.29, 0.717) is 5.69 Å². The number of hydrogen-bond donors (Lipinski definition) is 1. The summed E-state index contributed by atoms with van der Waals surface area (Å²) in [5.74, 6) is 0. The molecule has 9 heteroatoms. The summed E-state index contributed by atoms with van der Waals surface area (Å²) in [6.45, 7) is 2.18. The molecule has 0 bridgehead atoms. The van der Waals surface area contributed by atoms with Gasteiger partial charge in [0.1, 0.15) is 0 Å². The van der Waals surface area contributed by atoms with E-state index in [1.807, 2.05) is 19.1 Å². The first-order chi connectivity index (χ1) is 10.8. The lowest BCUT2D eigenvalue weighted by atomic mass is 10.2. The monoisotopic (exact) mass is 367 g/mol. The molecule has 0 aliphatic rings. The predicted octanol–water partition coefficient (Wildman–Crippen LogP) is 2.42. The number of benzene rings is 1. The SMILES string of the molecule is COCCC(CCCN(c1ccc(C)cc1)S(=O)O)S(=O)(=O)F. The molecule has 132 valence electrons. The molecule has 6 nitrogen and oxygen atoms in total. The van der Waals surface area contributed by atoms with Gasteiger partial charge in [0.05, 0.1) is 10.9 Å². The number of hydrogen-bond acceptors (Lipinski definition) is 4. The van der Waals surface area contributed by atoms with Gasteiger partial charge in [-0.2, -0.15) is 8.42 Å². The second-order valence-electron chi connectivity index (χ2n) is 5.19. The topological polar surface area (TPSA) is 83.9 Å². The van der Waals surface area contributed by atoms with Crippen molar-refractivity contribution in [1.29, 1.82) is 0 Å². The Labute approximate surface area is 139 Å². The summed E-state index contributed by atoms with van der Waals surface area (Å²) in [6, 6.07) is 7.03. The van der Waals surface area contributed by atoms with Crippen molar-refractivity contribution >= 4 is 27.2 Å². The third-order valence-electron chi connectivity index (χ3n) is 3.44. The lowest BCUT2D eigenvalue weighted by Gasteiger charge is -2.21. The van der Waals surface area contributed by atoms with Gasteiger partial charge in [-0.1, -0.05) is 17.7 Å².